The molecule has 0 heterocycles. The number of hydrogen-bond donors (Lipinski definition) is 2. The molecule has 2 heteroatoms. The van der Waals surface area contributed by atoms with E-state index >= 15 is 0 Å². The van der Waals surface area contributed by atoms with E-state index in [9.17, 15) is 5.11 Å². The Kier molecular flexibility index (Phi) is 3.11. The smallest absolute Gasteiger partial charge is 0.0781 e. The van der Waals surface area contributed by atoms with Gasteiger partial charge in [-0.05, 0) is 19.9 Å². The van der Waals surface area contributed by atoms with Crippen LogP contribution in [0.2, 0.25) is 0 Å². The summed E-state index contributed by atoms with van der Waals surface area (Å²) in [7, 11) is 0. The first-order valence-electron chi connectivity index (χ1n) is 4.26. The van der Waals surface area contributed by atoms with Crippen LogP contribution in [0.3, 0.4) is 0 Å². The van der Waals surface area contributed by atoms with E-state index in [1.165, 1.54) is 0 Å². The summed E-state index contributed by atoms with van der Waals surface area (Å²) in [6.07, 6.45) is -0.403. The molecule has 66 valence electrons. The number of para-hydroxylation sites is 1. The minimum absolute atomic E-state index is 0.403. The number of nitrogens with one attached hydrogen (secondary N) is 1. The van der Waals surface area contributed by atoms with E-state index in [0.717, 1.165) is 17.8 Å². The molecular formula is C10H15NO. The fraction of sp³-hybridized carbons (Fsp3) is 0.400. The summed E-state index contributed by atoms with van der Waals surface area (Å²) in [5.74, 6) is 0. The van der Waals surface area contributed by atoms with E-state index in [-0.39, 0.29) is 0 Å². The molecule has 1 rings (SSSR count). The van der Waals surface area contributed by atoms with Gasteiger partial charge in [-0.3, -0.25) is 0 Å². The van der Waals surface area contributed by atoms with Crippen molar-refractivity contribution >= 4 is 5.69 Å². The van der Waals surface area contributed by atoms with Gasteiger partial charge in [0, 0.05) is 17.8 Å². The van der Waals surface area contributed by atoms with Crippen LogP contribution in [0.15, 0.2) is 24.3 Å². The molecule has 0 aliphatic heterocycles. The molecule has 0 spiro atoms. The van der Waals surface area contributed by atoms with Crippen molar-refractivity contribution in [1.29, 1.82) is 0 Å². The van der Waals surface area contributed by atoms with Crippen LogP contribution in [0.4, 0.5) is 5.69 Å². The normalized spacial score (nSPS) is 12.6. The molecule has 0 saturated carbocycles. The summed E-state index contributed by atoms with van der Waals surface area (Å²) in [4.78, 5) is 0. The van der Waals surface area contributed by atoms with Gasteiger partial charge in [-0.1, -0.05) is 18.2 Å². The quantitative estimate of drug-likeness (QED) is 0.719. The van der Waals surface area contributed by atoms with Gasteiger partial charge in [-0.15, -0.1) is 0 Å². The van der Waals surface area contributed by atoms with Crippen LogP contribution in [0, 0.1) is 0 Å². The molecule has 1 aromatic carbocycles. The van der Waals surface area contributed by atoms with E-state index in [4.69, 9.17) is 0 Å². The fourth-order valence-corrected chi connectivity index (χ4v) is 1.21. The molecule has 0 fully saturated rings. The number of aliphatic hydroxyl groups is 1. The van der Waals surface area contributed by atoms with Gasteiger partial charge >= 0.3 is 0 Å². The lowest BCUT2D eigenvalue weighted by atomic mass is 10.1. The largest absolute Gasteiger partial charge is 0.389 e. The Hall–Kier alpha value is -1.02. The molecule has 0 radical (unpaired) electrons. The zero-order valence-electron chi connectivity index (χ0n) is 7.54. The Morgan fingerprint density at radius 3 is 2.67 bits per heavy atom. The van der Waals surface area contributed by atoms with Crippen molar-refractivity contribution in [3.05, 3.63) is 29.8 Å². The Bertz CT molecular complexity index is 245. The first-order chi connectivity index (χ1) is 5.75. The van der Waals surface area contributed by atoms with Crippen molar-refractivity contribution in [3.8, 4) is 0 Å². The predicted molar refractivity (Wildman–Crippen MR) is 51.2 cm³/mol. The molecule has 2 nitrogen and oxygen atoms in total. The Morgan fingerprint density at radius 2 is 2.08 bits per heavy atom. The summed E-state index contributed by atoms with van der Waals surface area (Å²) < 4.78 is 0. The second-order valence-electron chi connectivity index (χ2n) is 2.79. The van der Waals surface area contributed by atoms with Crippen molar-refractivity contribution in [2.45, 2.75) is 20.0 Å². The highest BCUT2D eigenvalue weighted by Crippen LogP contribution is 2.21. The molecule has 1 atom stereocenters. The molecule has 12 heavy (non-hydrogen) atoms. The molecule has 0 saturated heterocycles. The highest BCUT2D eigenvalue weighted by atomic mass is 16.3. The maximum Gasteiger partial charge on any atom is 0.0781 e. The third-order valence-electron chi connectivity index (χ3n) is 1.78. The van der Waals surface area contributed by atoms with Gasteiger partial charge in [-0.2, -0.15) is 0 Å². The van der Waals surface area contributed by atoms with Crippen LogP contribution in [0.5, 0.6) is 0 Å². The van der Waals surface area contributed by atoms with Crippen molar-refractivity contribution in [2.24, 2.45) is 0 Å². The minimum Gasteiger partial charge on any atom is -0.389 e. The second-order valence-corrected chi connectivity index (χ2v) is 2.79. The zero-order chi connectivity index (χ0) is 8.97. The zero-order valence-corrected chi connectivity index (χ0v) is 7.54. The summed E-state index contributed by atoms with van der Waals surface area (Å²) in [6, 6.07) is 7.81. The van der Waals surface area contributed by atoms with Gasteiger partial charge in [0.15, 0.2) is 0 Å². The predicted octanol–water partition coefficient (Wildman–Crippen LogP) is 2.17. The van der Waals surface area contributed by atoms with Crippen LogP contribution in [0.1, 0.15) is 25.5 Å². The molecule has 0 aliphatic rings. The average Bonchev–Trinajstić information content (AvgIpc) is 2.05. The highest BCUT2D eigenvalue weighted by molar-refractivity contribution is 5.51. The van der Waals surface area contributed by atoms with Crippen LogP contribution in [0.25, 0.3) is 0 Å². The van der Waals surface area contributed by atoms with Crippen LogP contribution >= 0.6 is 0 Å². The third kappa shape index (κ3) is 1.98. The topological polar surface area (TPSA) is 32.3 Å². The van der Waals surface area contributed by atoms with E-state index in [2.05, 4.69) is 5.32 Å². The molecule has 0 aromatic heterocycles. The molecule has 0 unspecified atom stereocenters. The van der Waals surface area contributed by atoms with Gasteiger partial charge in [0.2, 0.25) is 0 Å². The van der Waals surface area contributed by atoms with Crippen molar-refractivity contribution in [2.75, 3.05) is 11.9 Å². The number of anilines is 1. The van der Waals surface area contributed by atoms with Gasteiger partial charge in [0.25, 0.3) is 0 Å². The van der Waals surface area contributed by atoms with Crippen molar-refractivity contribution < 1.29 is 5.11 Å². The second kappa shape index (κ2) is 4.12. The summed E-state index contributed by atoms with van der Waals surface area (Å²) >= 11 is 0. The summed E-state index contributed by atoms with van der Waals surface area (Å²) in [5.41, 5.74) is 1.98. The molecule has 1 aromatic rings. The lowest BCUT2D eigenvalue weighted by molar-refractivity contribution is 0.200. The van der Waals surface area contributed by atoms with Gasteiger partial charge < -0.3 is 10.4 Å². The number of aliphatic hydroxyl groups excluding tert-OH is 1. The number of hydrogen-bond acceptors (Lipinski definition) is 2. The minimum atomic E-state index is -0.403. The van der Waals surface area contributed by atoms with Gasteiger partial charge in [-0.25, -0.2) is 0 Å². The van der Waals surface area contributed by atoms with Crippen LogP contribution in [-0.4, -0.2) is 11.7 Å². The summed E-state index contributed by atoms with van der Waals surface area (Å²) in [5, 5.41) is 12.6. The monoisotopic (exact) mass is 165 g/mol. The standard InChI is InChI=1S/C10H15NO/c1-3-11-10-7-5-4-6-9(10)8(2)12/h4-8,11-12H,3H2,1-2H3/t8-/m1/s1. The van der Waals surface area contributed by atoms with Crippen LogP contribution in [-0.2, 0) is 0 Å². The number of benzene rings is 1. The molecular weight excluding hydrogens is 150 g/mol. The highest BCUT2D eigenvalue weighted by Gasteiger charge is 2.04. The molecule has 0 amide bonds. The van der Waals surface area contributed by atoms with Gasteiger partial charge in [0.05, 0.1) is 6.10 Å². The Balaban J connectivity index is 2.92. The Labute approximate surface area is 73.2 Å². The molecule has 2 N–H and O–H groups in total. The summed E-state index contributed by atoms with van der Waals surface area (Å²) in [6.45, 7) is 4.69. The maximum absolute atomic E-state index is 9.39. The van der Waals surface area contributed by atoms with Gasteiger partial charge in [0.1, 0.15) is 0 Å². The van der Waals surface area contributed by atoms with E-state index in [1.54, 1.807) is 6.92 Å². The first-order valence-corrected chi connectivity index (χ1v) is 4.26. The molecule has 0 bridgehead atoms. The maximum atomic E-state index is 9.39. The van der Waals surface area contributed by atoms with Crippen LogP contribution < -0.4 is 5.32 Å². The van der Waals surface area contributed by atoms with E-state index in [1.807, 2.05) is 31.2 Å². The van der Waals surface area contributed by atoms with E-state index in [0.29, 0.717) is 0 Å². The first kappa shape index (κ1) is 9.07. The van der Waals surface area contributed by atoms with Crippen molar-refractivity contribution in [1.82, 2.24) is 0 Å². The Morgan fingerprint density at radius 1 is 1.42 bits per heavy atom. The SMILES string of the molecule is CCNc1ccccc1[C@@H](C)O. The van der Waals surface area contributed by atoms with Crippen molar-refractivity contribution in [3.63, 3.8) is 0 Å². The van der Waals surface area contributed by atoms with E-state index < -0.39 is 6.10 Å². The lowest BCUT2D eigenvalue weighted by Gasteiger charge is -2.11. The fourth-order valence-electron chi connectivity index (χ4n) is 1.21. The number of rotatable bonds is 3. The third-order valence-corrected chi connectivity index (χ3v) is 1.78. The molecule has 0 aliphatic carbocycles. The lowest BCUT2D eigenvalue weighted by Crippen LogP contribution is -2.02. The average molecular weight is 165 g/mol.